The molecule has 4 heteroatoms. The van der Waals surface area contributed by atoms with Crippen LogP contribution in [-0.4, -0.2) is 11.9 Å². The summed E-state index contributed by atoms with van der Waals surface area (Å²) >= 11 is 0. The Morgan fingerprint density at radius 3 is 2.19 bits per heavy atom. The van der Waals surface area contributed by atoms with Gasteiger partial charge in [-0.1, -0.05) is 19.1 Å². The average Bonchev–Trinajstić information content (AvgIpc) is 2.20. The van der Waals surface area contributed by atoms with Crippen molar-refractivity contribution < 1.29 is 19.1 Å². The second kappa shape index (κ2) is 5.90. The van der Waals surface area contributed by atoms with E-state index in [9.17, 15) is 9.59 Å². The summed E-state index contributed by atoms with van der Waals surface area (Å²) < 4.78 is 9.98. The molecular weight excluding hydrogens is 208 g/mol. The van der Waals surface area contributed by atoms with Crippen LogP contribution in [0.15, 0.2) is 24.3 Å². The van der Waals surface area contributed by atoms with Crippen LogP contribution in [0, 0.1) is 0 Å². The van der Waals surface area contributed by atoms with Gasteiger partial charge in [0, 0.05) is 13.3 Å². The van der Waals surface area contributed by atoms with Gasteiger partial charge in [-0.3, -0.25) is 9.59 Å². The highest BCUT2D eigenvalue weighted by Gasteiger charge is 2.10. The third kappa shape index (κ3) is 3.73. The van der Waals surface area contributed by atoms with Crippen molar-refractivity contribution in [2.75, 3.05) is 0 Å². The summed E-state index contributed by atoms with van der Waals surface area (Å²) in [6, 6.07) is 6.58. The first-order chi connectivity index (χ1) is 7.63. The molecular formula is C12H14O4. The van der Waals surface area contributed by atoms with Crippen molar-refractivity contribution in [2.45, 2.75) is 26.7 Å². The van der Waals surface area contributed by atoms with Crippen LogP contribution in [-0.2, 0) is 9.59 Å². The summed E-state index contributed by atoms with van der Waals surface area (Å²) in [5, 5.41) is 0. The van der Waals surface area contributed by atoms with E-state index < -0.39 is 5.97 Å². The van der Waals surface area contributed by atoms with E-state index in [2.05, 4.69) is 0 Å². The topological polar surface area (TPSA) is 52.6 Å². The zero-order valence-corrected chi connectivity index (χ0v) is 9.36. The predicted molar refractivity (Wildman–Crippen MR) is 58.3 cm³/mol. The number of benzene rings is 1. The van der Waals surface area contributed by atoms with E-state index in [1.165, 1.54) is 6.92 Å². The van der Waals surface area contributed by atoms with Crippen LogP contribution in [0.5, 0.6) is 11.5 Å². The fourth-order valence-electron chi connectivity index (χ4n) is 1.15. The molecule has 0 aliphatic carbocycles. The molecule has 0 saturated heterocycles. The molecule has 86 valence electrons. The van der Waals surface area contributed by atoms with Gasteiger partial charge in [0.1, 0.15) is 0 Å². The predicted octanol–water partition coefficient (Wildman–Crippen LogP) is 2.32. The standard InChI is InChI=1S/C12H14O4/c1-3-6-12(14)16-11-8-5-4-7-10(11)15-9(2)13/h4-5,7-8H,3,6H2,1-2H3. The van der Waals surface area contributed by atoms with Crippen LogP contribution >= 0.6 is 0 Å². The molecule has 0 atom stereocenters. The smallest absolute Gasteiger partial charge is 0.311 e. The van der Waals surface area contributed by atoms with Gasteiger partial charge >= 0.3 is 11.9 Å². The summed E-state index contributed by atoms with van der Waals surface area (Å²) in [6.45, 7) is 3.18. The van der Waals surface area contributed by atoms with Gasteiger partial charge in [0.2, 0.25) is 0 Å². The van der Waals surface area contributed by atoms with E-state index in [0.29, 0.717) is 12.8 Å². The number of esters is 2. The molecule has 0 aromatic heterocycles. The fourth-order valence-corrected chi connectivity index (χ4v) is 1.15. The number of hydrogen-bond donors (Lipinski definition) is 0. The van der Waals surface area contributed by atoms with E-state index in [4.69, 9.17) is 9.47 Å². The molecule has 1 aromatic carbocycles. The third-order valence-corrected chi connectivity index (χ3v) is 1.78. The van der Waals surface area contributed by atoms with Crippen molar-refractivity contribution in [3.63, 3.8) is 0 Å². The molecule has 1 rings (SSSR count). The number of carbonyl (C=O) groups is 2. The Hall–Kier alpha value is -1.84. The molecule has 0 radical (unpaired) electrons. The molecule has 0 amide bonds. The highest BCUT2D eigenvalue weighted by molar-refractivity contribution is 5.75. The highest BCUT2D eigenvalue weighted by atomic mass is 16.6. The molecule has 0 spiro atoms. The Bertz CT molecular complexity index is 384. The minimum absolute atomic E-state index is 0.263. The summed E-state index contributed by atoms with van der Waals surface area (Å²) in [5.41, 5.74) is 0. The first-order valence-corrected chi connectivity index (χ1v) is 5.11. The summed E-state index contributed by atoms with van der Waals surface area (Å²) in [4.78, 5) is 22.1. The van der Waals surface area contributed by atoms with Crippen molar-refractivity contribution in [1.29, 1.82) is 0 Å². The van der Waals surface area contributed by atoms with Gasteiger partial charge in [-0.05, 0) is 18.6 Å². The molecule has 1 aromatic rings. The van der Waals surface area contributed by atoms with Crippen LogP contribution in [0.4, 0.5) is 0 Å². The molecule has 0 N–H and O–H groups in total. The van der Waals surface area contributed by atoms with Gasteiger partial charge in [0.25, 0.3) is 0 Å². The van der Waals surface area contributed by atoms with E-state index in [-0.39, 0.29) is 17.5 Å². The monoisotopic (exact) mass is 222 g/mol. The normalized spacial score (nSPS) is 9.62. The van der Waals surface area contributed by atoms with E-state index >= 15 is 0 Å². The van der Waals surface area contributed by atoms with E-state index in [0.717, 1.165) is 0 Å². The van der Waals surface area contributed by atoms with Crippen molar-refractivity contribution >= 4 is 11.9 Å². The molecule has 4 nitrogen and oxygen atoms in total. The van der Waals surface area contributed by atoms with Crippen molar-refractivity contribution in [1.82, 2.24) is 0 Å². The fraction of sp³-hybridized carbons (Fsp3) is 0.333. The largest absolute Gasteiger partial charge is 0.423 e. The van der Waals surface area contributed by atoms with E-state index in [1.807, 2.05) is 6.92 Å². The molecule has 0 aliphatic rings. The van der Waals surface area contributed by atoms with Gasteiger partial charge in [-0.15, -0.1) is 0 Å². The SMILES string of the molecule is CCCC(=O)Oc1ccccc1OC(C)=O. The summed E-state index contributed by atoms with van der Waals surface area (Å²) in [6.07, 6.45) is 1.06. The average molecular weight is 222 g/mol. The molecule has 16 heavy (non-hydrogen) atoms. The van der Waals surface area contributed by atoms with E-state index in [1.54, 1.807) is 24.3 Å². The minimum atomic E-state index is -0.445. The quantitative estimate of drug-likeness (QED) is 0.579. The first kappa shape index (κ1) is 12.2. The second-order valence-corrected chi connectivity index (χ2v) is 3.26. The van der Waals surface area contributed by atoms with Crippen LogP contribution in [0.2, 0.25) is 0 Å². The lowest BCUT2D eigenvalue weighted by atomic mass is 10.3. The van der Waals surface area contributed by atoms with Crippen LogP contribution in [0.25, 0.3) is 0 Å². The Kier molecular flexibility index (Phi) is 4.51. The van der Waals surface area contributed by atoms with Crippen LogP contribution in [0.3, 0.4) is 0 Å². The second-order valence-electron chi connectivity index (χ2n) is 3.26. The van der Waals surface area contributed by atoms with Crippen LogP contribution in [0.1, 0.15) is 26.7 Å². The lowest BCUT2D eigenvalue weighted by Crippen LogP contribution is -2.09. The maximum atomic E-state index is 11.3. The maximum Gasteiger partial charge on any atom is 0.311 e. The van der Waals surface area contributed by atoms with Crippen molar-refractivity contribution in [2.24, 2.45) is 0 Å². The summed E-state index contributed by atoms with van der Waals surface area (Å²) in [5.74, 6) is -0.239. The molecule has 0 heterocycles. The lowest BCUT2D eigenvalue weighted by molar-refractivity contribution is -0.136. The molecule has 0 fully saturated rings. The van der Waals surface area contributed by atoms with Gasteiger partial charge in [-0.2, -0.15) is 0 Å². The van der Waals surface area contributed by atoms with Crippen molar-refractivity contribution in [3.8, 4) is 11.5 Å². The molecule has 0 aliphatic heterocycles. The molecule has 0 saturated carbocycles. The highest BCUT2D eigenvalue weighted by Crippen LogP contribution is 2.26. The number of hydrogen-bond acceptors (Lipinski definition) is 4. The van der Waals surface area contributed by atoms with Gasteiger partial charge in [0.05, 0.1) is 0 Å². The third-order valence-electron chi connectivity index (χ3n) is 1.78. The van der Waals surface area contributed by atoms with Gasteiger partial charge in [-0.25, -0.2) is 0 Å². The maximum absolute atomic E-state index is 11.3. The molecule has 0 unspecified atom stereocenters. The number of rotatable bonds is 4. The molecule has 0 bridgehead atoms. The Morgan fingerprint density at radius 1 is 1.12 bits per heavy atom. The van der Waals surface area contributed by atoms with Gasteiger partial charge < -0.3 is 9.47 Å². The first-order valence-electron chi connectivity index (χ1n) is 5.11. The van der Waals surface area contributed by atoms with Crippen molar-refractivity contribution in [3.05, 3.63) is 24.3 Å². The van der Waals surface area contributed by atoms with Crippen LogP contribution < -0.4 is 9.47 Å². The Morgan fingerprint density at radius 2 is 1.69 bits per heavy atom. The number of para-hydroxylation sites is 2. The number of ether oxygens (including phenoxy) is 2. The minimum Gasteiger partial charge on any atom is -0.423 e. The van der Waals surface area contributed by atoms with Gasteiger partial charge in [0.15, 0.2) is 11.5 Å². The number of carbonyl (C=O) groups excluding carboxylic acids is 2. The Balaban J connectivity index is 2.78. The summed E-state index contributed by atoms with van der Waals surface area (Å²) in [7, 11) is 0. The Labute approximate surface area is 94.2 Å². The zero-order valence-electron chi connectivity index (χ0n) is 9.36. The lowest BCUT2D eigenvalue weighted by Gasteiger charge is -2.08. The zero-order chi connectivity index (χ0) is 12.0.